The molecule has 118 valence electrons. The molecule has 1 saturated carbocycles. The number of ether oxygens (including phenoxy) is 1. The van der Waals surface area contributed by atoms with Crippen LogP contribution < -0.4 is 15.4 Å². The van der Waals surface area contributed by atoms with Gasteiger partial charge in [0.2, 0.25) is 11.9 Å². The standard InChI is InChI=1S/C15H27N5O/c1-4-6-11-7-9-12(10-8-11)17-14-18-13(16-3)19-15(20-14)21-5-2/h11-12H,4-10H2,1-3H3,(H2,16,17,18,19,20). The highest BCUT2D eigenvalue weighted by Crippen LogP contribution is 2.29. The van der Waals surface area contributed by atoms with Crippen molar-refractivity contribution in [3.63, 3.8) is 0 Å². The van der Waals surface area contributed by atoms with Gasteiger partial charge in [-0.2, -0.15) is 15.0 Å². The van der Waals surface area contributed by atoms with E-state index in [1.807, 2.05) is 6.92 Å². The molecule has 0 radical (unpaired) electrons. The summed E-state index contributed by atoms with van der Waals surface area (Å²) in [6.45, 7) is 4.74. The molecule has 0 aromatic carbocycles. The maximum absolute atomic E-state index is 5.38. The van der Waals surface area contributed by atoms with Crippen LogP contribution in [0.5, 0.6) is 6.01 Å². The molecule has 21 heavy (non-hydrogen) atoms. The molecule has 0 spiro atoms. The molecule has 1 heterocycles. The fraction of sp³-hybridized carbons (Fsp3) is 0.800. The van der Waals surface area contributed by atoms with Crippen LogP contribution in [0.4, 0.5) is 11.9 Å². The van der Waals surface area contributed by atoms with Gasteiger partial charge in [-0.25, -0.2) is 0 Å². The number of aromatic nitrogens is 3. The Morgan fingerprint density at radius 1 is 1.05 bits per heavy atom. The summed E-state index contributed by atoms with van der Waals surface area (Å²) in [7, 11) is 1.80. The second-order valence-electron chi connectivity index (χ2n) is 5.60. The lowest BCUT2D eigenvalue weighted by molar-refractivity contribution is 0.309. The first-order chi connectivity index (χ1) is 10.2. The summed E-state index contributed by atoms with van der Waals surface area (Å²) in [6, 6.07) is 0.832. The Hall–Kier alpha value is -1.59. The predicted octanol–water partition coefficient (Wildman–Crippen LogP) is 3.08. The third-order valence-electron chi connectivity index (χ3n) is 3.99. The highest BCUT2D eigenvalue weighted by Gasteiger charge is 2.21. The van der Waals surface area contributed by atoms with E-state index in [1.165, 1.54) is 38.5 Å². The number of hydrogen-bond donors (Lipinski definition) is 2. The molecule has 1 aromatic heterocycles. The number of rotatable bonds is 7. The van der Waals surface area contributed by atoms with Gasteiger partial charge in [0.15, 0.2) is 0 Å². The first-order valence-corrected chi connectivity index (χ1v) is 8.08. The minimum absolute atomic E-state index is 0.374. The van der Waals surface area contributed by atoms with Crippen molar-refractivity contribution in [2.45, 2.75) is 58.4 Å². The minimum Gasteiger partial charge on any atom is -0.464 e. The largest absolute Gasteiger partial charge is 0.464 e. The lowest BCUT2D eigenvalue weighted by Crippen LogP contribution is -2.27. The summed E-state index contributed by atoms with van der Waals surface area (Å²) >= 11 is 0. The fourth-order valence-electron chi connectivity index (χ4n) is 2.91. The molecule has 1 fully saturated rings. The molecule has 0 unspecified atom stereocenters. The van der Waals surface area contributed by atoms with Crippen LogP contribution in [0.2, 0.25) is 0 Å². The van der Waals surface area contributed by atoms with Crippen LogP contribution in [0.1, 0.15) is 52.4 Å². The van der Waals surface area contributed by atoms with Crippen LogP contribution in [0, 0.1) is 5.92 Å². The van der Waals surface area contributed by atoms with Gasteiger partial charge in [-0.15, -0.1) is 0 Å². The van der Waals surface area contributed by atoms with Crippen molar-refractivity contribution >= 4 is 11.9 Å². The molecular weight excluding hydrogens is 266 g/mol. The van der Waals surface area contributed by atoms with Crippen molar-refractivity contribution in [3.8, 4) is 6.01 Å². The van der Waals surface area contributed by atoms with Gasteiger partial charge in [0.1, 0.15) is 0 Å². The van der Waals surface area contributed by atoms with Crippen LogP contribution in [-0.2, 0) is 0 Å². The molecule has 0 saturated heterocycles. The summed E-state index contributed by atoms with van der Waals surface area (Å²) < 4.78 is 5.38. The zero-order valence-electron chi connectivity index (χ0n) is 13.4. The number of hydrogen-bond acceptors (Lipinski definition) is 6. The molecule has 6 nitrogen and oxygen atoms in total. The third-order valence-corrected chi connectivity index (χ3v) is 3.99. The number of nitrogens with zero attached hydrogens (tertiary/aromatic N) is 3. The van der Waals surface area contributed by atoms with E-state index >= 15 is 0 Å². The highest BCUT2D eigenvalue weighted by atomic mass is 16.5. The van der Waals surface area contributed by atoms with Gasteiger partial charge in [0, 0.05) is 13.1 Å². The third kappa shape index (κ3) is 4.72. The summed E-state index contributed by atoms with van der Waals surface area (Å²) in [5, 5.41) is 6.38. The average molecular weight is 293 g/mol. The second-order valence-corrected chi connectivity index (χ2v) is 5.60. The van der Waals surface area contributed by atoms with Crippen LogP contribution in [0.15, 0.2) is 0 Å². The van der Waals surface area contributed by atoms with E-state index in [0.717, 1.165) is 5.92 Å². The van der Waals surface area contributed by atoms with Crippen molar-refractivity contribution in [3.05, 3.63) is 0 Å². The SMILES string of the molecule is CCCC1CCC(Nc2nc(NC)nc(OCC)n2)CC1. The highest BCUT2D eigenvalue weighted by molar-refractivity contribution is 5.36. The molecule has 6 heteroatoms. The van der Waals surface area contributed by atoms with Gasteiger partial charge >= 0.3 is 6.01 Å². The zero-order chi connectivity index (χ0) is 15.1. The minimum atomic E-state index is 0.374. The Balaban J connectivity index is 1.94. The molecule has 0 aliphatic heterocycles. The quantitative estimate of drug-likeness (QED) is 0.805. The van der Waals surface area contributed by atoms with Crippen molar-refractivity contribution in [2.75, 3.05) is 24.3 Å². The molecule has 2 N–H and O–H groups in total. The normalized spacial score (nSPS) is 21.9. The van der Waals surface area contributed by atoms with E-state index in [2.05, 4.69) is 32.5 Å². The van der Waals surface area contributed by atoms with Crippen molar-refractivity contribution < 1.29 is 4.74 Å². The Morgan fingerprint density at radius 3 is 2.38 bits per heavy atom. The predicted molar refractivity (Wildman–Crippen MR) is 84.8 cm³/mol. The van der Waals surface area contributed by atoms with E-state index in [1.54, 1.807) is 7.05 Å². The smallest absolute Gasteiger partial charge is 0.323 e. The maximum Gasteiger partial charge on any atom is 0.323 e. The van der Waals surface area contributed by atoms with E-state index in [4.69, 9.17) is 4.74 Å². The van der Waals surface area contributed by atoms with Gasteiger partial charge in [-0.3, -0.25) is 0 Å². The fourth-order valence-corrected chi connectivity index (χ4v) is 2.91. The molecular formula is C15H27N5O. The van der Waals surface area contributed by atoms with Crippen molar-refractivity contribution in [1.82, 2.24) is 15.0 Å². The molecule has 0 amide bonds. The summed E-state index contributed by atoms with van der Waals surface area (Å²) in [6.07, 6.45) is 7.63. The van der Waals surface area contributed by atoms with E-state index in [-0.39, 0.29) is 0 Å². The monoisotopic (exact) mass is 293 g/mol. The van der Waals surface area contributed by atoms with Crippen LogP contribution in [-0.4, -0.2) is 34.6 Å². The average Bonchev–Trinajstić information content (AvgIpc) is 2.49. The van der Waals surface area contributed by atoms with Crippen LogP contribution in [0.25, 0.3) is 0 Å². The van der Waals surface area contributed by atoms with Gasteiger partial charge in [0.25, 0.3) is 0 Å². The van der Waals surface area contributed by atoms with Gasteiger partial charge < -0.3 is 15.4 Å². The molecule has 0 atom stereocenters. The zero-order valence-corrected chi connectivity index (χ0v) is 13.4. The first kappa shape index (κ1) is 15.8. The van der Waals surface area contributed by atoms with Gasteiger partial charge in [-0.05, 0) is 38.5 Å². The van der Waals surface area contributed by atoms with E-state index in [9.17, 15) is 0 Å². The summed E-state index contributed by atoms with van der Waals surface area (Å²) in [5.74, 6) is 2.05. The van der Waals surface area contributed by atoms with Crippen molar-refractivity contribution in [1.29, 1.82) is 0 Å². The molecule has 1 aliphatic carbocycles. The Labute approximate surface area is 127 Å². The summed E-state index contributed by atoms with van der Waals surface area (Å²) in [5.41, 5.74) is 0. The van der Waals surface area contributed by atoms with Crippen molar-refractivity contribution in [2.24, 2.45) is 5.92 Å². The topological polar surface area (TPSA) is 72.0 Å². The van der Waals surface area contributed by atoms with Gasteiger partial charge in [-0.1, -0.05) is 19.8 Å². The van der Waals surface area contributed by atoms with E-state index < -0.39 is 0 Å². The lowest BCUT2D eigenvalue weighted by Gasteiger charge is -2.28. The van der Waals surface area contributed by atoms with Crippen LogP contribution in [0.3, 0.4) is 0 Å². The first-order valence-electron chi connectivity index (χ1n) is 8.08. The molecule has 1 aliphatic rings. The van der Waals surface area contributed by atoms with E-state index in [0.29, 0.717) is 30.6 Å². The number of nitrogens with one attached hydrogen (secondary N) is 2. The number of anilines is 2. The van der Waals surface area contributed by atoms with Crippen LogP contribution >= 0.6 is 0 Å². The Kier molecular flexibility index (Phi) is 6.02. The molecule has 1 aromatic rings. The summed E-state index contributed by atoms with van der Waals surface area (Å²) in [4.78, 5) is 12.9. The Bertz CT molecular complexity index is 432. The maximum atomic E-state index is 5.38. The molecule has 2 rings (SSSR count). The lowest BCUT2D eigenvalue weighted by atomic mass is 9.83. The second kappa shape index (κ2) is 8.00. The Morgan fingerprint density at radius 2 is 1.76 bits per heavy atom. The molecule has 0 bridgehead atoms. The van der Waals surface area contributed by atoms with Gasteiger partial charge in [0.05, 0.1) is 6.61 Å².